The second kappa shape index (κ2) is 6.37. The monoisotopic (exact) mass is 306 g/mol. The quantitative estimate of drug-likeness (QED) is 0.850. The average Bonchev–Trinajstić information content (AvgIpc) is 2.47. The third-order valence-electron chi connectivity index (χ3n) is 3.76. The lowest BCUT2D eigenvalue weighted by molar-refractivity contribution is -0.121. The number of carbonyl (C=O) groups is 1. The van der Waals surface area contributed by atoms with Gasteiger partial charge in [-0.3, -0.25) is 4.79 Å². The van der Waals surface area contributed by atoms with Crippen LogP contribution < -0.4 is 0 Å². The van der Waals surface area contributed by atoms with Crippen molar-refractivity contribution in [2.75, 3.05) is 6.54 Å². The summed E-state index contributed by atoms with van der Waals surface area (Å²) in [7, 11) is -3.60. The van der Waals surface area contributed by atoms with Crippen molar-refractivity contribution >= 4 is 15.8 Å². The standard InChI is InChI=1S/C15H18N2O3S/c1-12(18)15-8-4-5-9-17(15)21(19,20)11-14-7-3-2-6-13(14)10-16/h2-3,6-7,15H,4-5,8-9,11H2,1H3. The summed E-state index contributed by atoms with van der Waals surface area (Å²) in [6.45, 7) is 1.81. The first-order valence-electron chi connectivity index (χ1n) is 6.93. The topological polar surface area (TPSA) is 78.2 Å². The number of carbonyl (C=O) groups excluding carboxylic acids is 1. The molecule has 0 amide bonds. The van der Waals surface area contributed by atoms with Gasteiger partial charge >= 0.3 is 0 Å². The second-order valence-electron chi connectivity index (χ2n) is 5.26. The molecule has 0 radical (unpaired) electrons. The maximum absolute atomic E-state index is 12.6. The molecular weight excluding hydrogens is 288 g/mol. The molecule has 0 aliphatic carbocycles. The summed E-state index contributed by atoms with van der Waals surface area (Å²) in [4.78, 5) is 11.7. The summed E-state index contributed by atoms with van der Waals surface area (Å²) in [5.74, 6) is -0.354. The van der Waals surface area contributed by atoms with Gasteiger partial charge in [-0.1, -0.05) is 24.6 Å². The summed E-state index contributed by atoms with van der Waals surface area (Å²) in [6, 6.07) is 8.11. The number of nitrogens with zero attached hydrogens (tertiary/aromatic N) is 2. The van der Waals surface area contributed by atoms with Crippen molar-refractivity contribution in [3.05, 3.63) is 35.4 Å². The van der Waals surface area contributed by atoms with Crippen LogP contribution in [0.5, 0.6) is 0 Å². The van der Waals surface area contributed by atoms with Crippen LogP contribution in [0.25, 0.3) is 0 Å². The normalized spacial score (nSPS) is 19.9. The molecule has 0 bridgehead atoms. The van der Waals surface area contributed by atoms with Gasteiger partial charge in [-0.25, -0.2) is 8.42 Å². The Morgan fingerprint density at radius 2 is 2.10 bits per heavy atom. The van der Waals surface area contributed by atoms with E-state index in [9.17, 15) is 13.2 Å². The van der Waals surface area contributed by atoms with Crippen LogP contribution in [0.1, 0.15) is 37.3 Å². The molecule has 5 nitrogen and oxygen atoms in total. The van der Waals surface area contributed by atoms with Crippen molar-refractivity contribution in [2.45, 2.75) is 38.0 Å². The zero-order chi connectivity index (χ0) is 15.5. The Bertz CT molecular complexity index is 676. The molecule has 1 aliphatic rings. The fourth-order valence-corrected chi connectivity index (χ4v) is 4.54. The molecule has 6 heteroatoms. The van der Waals surface area contributed by atoms with Crippen LogP contribution in [0.15, 0.2) is 24.3 Å². The molecule has 1 unspecified atom stereocenters. The Labute approximate surface area is 125 Å². The molecule has 2 rings (SSSR count). The van der Waals surface area contributed by atoms with Crippen LogP contribution in [-0.2, 0) is 20.6 Å². The van der Waals surface area contributed by atoms with Crippen LogP contribution in [0.3, 0.4) is 0 Å². The lowest BCUT2D eigenvalue weighted by atomic mass is 10.0. The maximum Gasteiger partial charge on any atom is 0.218 e. The van der Waals surface area contributed by atoms with E-state index in [2.05, 4.69) is 0 Å². The predicted molar refractivity (Wildman–Crippen MR) is 78.8 cm³/mol. The molecule has 1 atom stereocenters. The molecule has 1 saturated heterocycles. The summed E-state index contributed by atoms with van der Waals surface area (Å²) in [5, 5.41) is 9.05. The highest BCUT2D eigenvalue weighted by Crippen LogP contribution is 2.24. The van der Waals surface area contributed by atoms with Crippen LogP contribution in [0.2, 0.25) is 0 Å². The van der Waals surface area contributed by atoms with E-state index < -0.39 is 16.1 Å². The fourth-order valence-electron chi connectivity index (χ4n) is 2.68. The van der Waals surface area contributed by atoms with Crippen molar-refractivity contribution < 1.29 is 13.2 Å². The minimum absolute atomic E-state index is 0.119. The van der Waals surface area contributed by atoms with Gasteiger partial charge in [0.05, 0.1) is 23.4 Å². The highest BCUT2D eigenvalue weighted by atomic mass is 32.2. The number of rotatable bonds is 4. The van der Waals surface area contributed by atoms with Crippen LogP contribution >= 0.6 is 0 Å². The Morgan fingerprint density at radius 3 is 2.76 bits per heavy atom. The first-order chi connectivity index (χ1) is 9.95. The second-order valence-corrected chi connectivity index (χ2v) is 7.18. The molecule has 0 aromatic heterocycles. The van der Waals surface area contributed by atoms with E-state index in [1.165, 1.54) is 11.2 Å². The summed E-state index contributed by atoms with van der Waals surface area (Å²) in [6.07, 6.45) is 2.21. The molecule has 0 N–H and O–H groups in total. The van der Waals surface area contributed by atoms with Gasteiger partial charge in [0.2, 0.25) is 10.0 Å². The van der Waals surface area contributed by atoms with Gasteiger partial charge in [-0.15, -0.1) is 0 Å². The third-order valence-corrected chi connectivity index (χ3v) is 5.58. The van der Waals surface area contributed by atoms with Gasteiger partial charge in [0.15, 0.2) is 0 Å². The Morgan fingerprint density at radius 1 is 1.38 bits per heavy atom. The zero-order valence-electron chi connectivity index (χ0n) is 11.9. The van der Waals surface area contributed by atoms with Crippen LogP contribution in [0, 0.1) is 11.3 Å². The molecule has 1 aromatic carbocycles. The van der Waals surface area contributed by atoms with Crippen molar-refractivity contribution in [1.82, 2.24) is 4.31 Å². The van der Waals surface area contributed by atoms with Gasteiger partial charge in [0.25, 0.3) is 0 Å². The van der Waals surface area contributed by atoms with Gasteiger partial charge in [0, 0.05) is 6.54 Å². The fraction of sp³-hybridized carbons (Fsp3) is 0.467. The molecule has 21 heavy (non-hydrogen) atoms. The van der Waals surface area contributed by atoms with Gasteiger partial charge < -0.3 is 0 Å². The summed E-state index contributed by atoms with van der Waals surface area (Å²) in [5.41, 5.74) is 0.838. The number of nitriles is 1. The molecule has 1 fully saturated rings. The van der Waals surface area contributed by atoms with Crippen molar-refractivity contribution in [1.29, 1.82) is 5.26 Å². The zero-order valence-corrected chi connectivity index (χ0v) is 12.8. The Balaban J connectivity index is 2.29. The molecule has 1 heterocycles. The Hall–Kier alpha value is -1.71. The third kappa shape index (κ3) is 3.49. The lowest BCUT2D eigenvalue weighted by Crippen LogP contribution is -2.47. The van der Waals surface area contributed by atoms with E-state index in [0.29, 0.717) is 24.1 Å². The first-order valence-corrected chi connectivity index (χ1v) is 8.54. The van der Waals surface area contributed by atoms with Crippen molar-refractivity contribution in [3.63, 3.8) is 0 Å². The number of Topliss-reactive ketones (excluding diaryl/α,β-unsaturated/α-hetero) is 1. The average molecular weight is 306 g/mol. The maximum atomic E-state index is 12.6. The van der Waals surface area contributed by atoms with E-state index in [1.807, 2.05) is 6.07 Å². The first kappa shape index (κ1) is 15.7. The smallest absolute Gasteiger partial charge is 0.218 e. The van der Waals surface area contributed by atoms with E-state index in [4.69, 9.17) is 5.26 Å². The van der Waals surface area contributed by atoms with Crippen molar-refractivity contribution in [2.24, 2.45) is 0 Å². The number of hydrogen-bond acceptors (Lipinski definition) is 4. The SMILES string of the molecule is CC(=O)C1CCCCN1S(=O)(=O)Cc1ccccc1C#N. The van der Waals surface area contributed by atoms with E-state index in [0.717, 1.165) is 12.8 Å². The molecule has 1 aromatic rings. The number of sulfonamides is 1. The minimum atomic E-state index is -3.60. The summed E-state index contributed by atoms with van der Waals surface area (Å²) >= 11 is 0. The minimum Gasteiger partial charge on any atom is -0.298 e. The molecule has 1 aliphatic heterocycles. The van der Waals surface area contributed by atoms with E-state index >= 15 is 0 Å². The largest absolute Gasteiger partial charge is 0.298 e. The number of ketones is 1. The number of benzene rings is 1. The van der Waals surface area contributed by atoms with Crippen molar-refractivity contribution in [3.8, 4) is 6.07 Å². The Kier molecular flexibility index (Phi) is 4.76. The highest BCUT2D eigenvalue weighted by molar-refractivity contribution is 7.88. The van der Waals surface area contributed by atoms with E-state index in [-0.39, 0.29) is 11.5 Å². The predicted octanol–water partition coefficient (Wildman–Crippen LogP) is 1.83. The number of piperidine rings is 1. The van der Waals surface area contributed by atoms with Gasteiger partial charge in [-0.2, -0.15) is 9.57 Å². The molecule has 0 spiro atoms. The molecular formula is C15H18N2O3S. The number of hydrogen-bond donors (Lipinski definition) is 0. The van der Waals surface area contributed by atoms with Crippen LogP contribution in [0.4, 0.5) is 0 Å². The van der Waals surface area contributed by atoms with Crippen LogP contribution in [-0.4, -0.2) is 31.1 Å². The van der Waals surface area contributed by atoms with Gasteiger partial charge in [-0.05, 0) is 31.4 Å². The lowest BCUT2D eigenvalue weighted by Gasteiger charge is -2.33. The summed E-state index contributed by atoms with van der Waals surface area (Å²) < 4.78 is 26.5. The molecule has 0 saturated carbocycles. The van der Waals surface area contributed by atoms with E-state index in [1.54, 1.807) is 24.3 Å². The van der Waals surface area contributed by atoms with Gasteiger partial charge in [0.1, 0.15) is 5.78 Å². The molecule has 112 valence electrons. The highest BCUT2D eigenvalue weighted by Gasteiger charge is 2.35.